The summed E-state index contributed by atoms with van der Waals surface area (Å²) in [5.41, 5.74) is 7.01. The number of imidazole rings is 1. The highest BCUT2D eigenvalue weighted by atomic mass is 35.5. The van der Waals surface area contributed by atoms with E-state index in [-0.39, 0.29) is 6.61 Å². The Hall–Kier alpha value is -3.30. The molecule has 3 heterocycles. The molecule has 47 heavy (non-hydrogen) atoms. The summed E-state index contributed by atoms with van der Waals surface area (Å²) in [7, 11) is 0. The van der Waals surface area contributed by atoms with Crippen molar-refractivity contribution in [2.75, 3.05) is 26.2 Å². The number of carbonyl (C=O) groups excluding carboxylic acids is 1. The van der Waals surface area contributed by atoms with E-state index in [1.165, 1.54) is 24.9 Å². The number of piperidine rings is 1. The molecule has 0 bridgehead atoms. The molecule has 0 radical (unpaired) electrons. The Labute approximate surface area is 286 Å². The van der Waals surface area contributed by atoms with E-state index >= 15 is 0 Å². The van der Waals surface area contributed by atoms with Gasteiger partial charge in [-0.2, -0.15) is 0 Å². The maximum absolute atomic E-state index is 13.5. The van der Waals surface area contributed by atoms with Crippen molar-refractivity contribution < 1.29 is 14.3 Å². The van der Waals surface area contributed by atoms with Crippen molar-refractivity contribution in [3.05, 3.63) is 71.0 Å². The average Bonchev–Trinajstić information content (AvgIpc) is 3.66. The van der Waals surface area contributed by atoms with Crippen molar-refractivity contribution >= 4 is 50.2 Å². The summed E-state index contributed by atoms with van der Waals surface area (Å²) >= 11 is 7.94. The zero-order valence-electron chi connectivity index (χ0n) is 28.3. The second-order valence-electron chi connectivity index (χ2n) is 13.5. The van der Waals surface area contributed by atoms with Gasteiger partial charge in [0.15, 0.2) is 6.10 Å². The molecule has 0 aliphatic carbocycles. The number of likely N-dealkylation sites (tertiary alicyclic amines) is 1. The Morgan fingerprint density at radius 1 is 1.04 bits per heavy atom. The number of aromatic nitrogens is 3. The smallest absolute Gasteiger partial charge is 0.339 e. The topological polar surface area (TPSA) is 69.5 Å². The normalized spacial score (nSPS) is 15.5. The molecule has 5 aromatic rings. The molecule has 248 valence electrons. The third-order valence-electron chi connectivity index (χ3n) is 8.90. The lowest BCUT2D eigenvalue weighted by molar-refractivity contribution is -0.166. The minimum atomic E-state index is -0.908. The van der Waals surface area contributed by atoms with Crippen molar-refractivity contribution in [3.63, 3.8) is 0 Å². The van der Waals surface area contributed by atoms with E-state index in [2.05, 4.69) is 40.7 Å². The molecule has 0 amide bonds. The van der Waals surface area contributed by atoms with Gasteiger partial charge in [0, 0.05) is 40.8 Å². The first-order valence-electron chi connectivity index (χ1n) is 16.8. The SMILES string of the molecule is CCCCN1CCC(n2cnc3cc(-c4nc5cc(C)c([C@H](OC(C)(C)C)C(=O)OCC)c(-c6ccc(Cl)cc6)c5s4)ccc32)CC1. The molecule has 0 spiro atoms. The van der Waals surface area contributed by atoms with Crippen molar-refractivity contribution in [1.29, 1.82) is 0 Å². The lowest BCUT2D eigenvalue weighted by atomic mass is 9.91. The standard InChI is InChI=1S/C38H45ClN4O3S/c1-7-9-18-42-19-16-28(17-20-42)43-23-40-29-22-26(12-15-31(29)43)36-41-30-21-24(3)32(34(37(44)45-8-2)46-38(4,5)6)33(35(30)47-36)25-10-13-27(39)14-11-25/h10-15,21-23,28,34H,7-9,16-20H2,1-6H3/t34-/m0/s1. The number of rotatable bonds is 10. The van der Waals surface area contributed by atoms with Crippen LogP contribution < -0.4 is 0 Å². The maximum atomic E-state index is 13.5. The van der Waals surface area contributed by atoms with Gasteiger partial charge >= 0.3 is 5.97 Å². The van der Waals surface area contributed by atoms with Crippen LogP contribution in [-0.2, 0) is 14.3 Å². The van der Waals surface area contributed by atoms with Crippen LogP contribution in [0.15, 0.2) is 54.9 Å². The number of aryl methyl sites for hydroxylation is 1. The third-order valence-corrected chi connectivity index (χ3v) is 10.3. The Balaban J connectivity index is 1.41. The van der Waals surface area contributed by atoms with Crippen molar-refractivity contribution in [1.82, 2.24) is 19.4 Å². The fraction of sp³-hybridized carbons (Fsp3) is 0.447. The van der Waals surface area contributed by atoms with E-state index in [1.54, 1.807) is 11.3 Å². The van der Waals surface area contributed by atoms with Gasteiger partial charge in [-0.15, -0.1) is 11.3 Å². The van der Waals surface area contributed by atoms with Crippen molar-refractivity contribution in [2.24, 2.45) is 0 Å². The van der Waals surface area contributed by atoms with Gasteiger partial charge in [0.2, 0.25) is 0 Å². The molecular formula is C38H45ClN4O3S. The van der Waals surface area contributed by atoms with E-state index in [1.807, 2.05) is 65.2 Å². The Morgan fingerprint density at radius 2 is 1.77 bits per heavy atom. The van der Waals surface area contributed by atoms with E-state index in [9.17, 15) is 4.79 Å². The van der Waals surface area contributed by atoms with Crippen LogP contribution in [-0.4, -0.2) is 57.2 Å². The average molecular weight is 673 g/mol. The van der Waals surface area contributed by atoms with Gasteiger partial charge in [-0.3, -0.25) is 0 Å². The molecule has 9 heteroatoms. The largest absolute Gasteiger partial charge is 0.464 e. The fourth-order valence-corrected chi connectivity index (χ4v) is 7.88. The Morgan fingerprint density at radius 3 is 2.45 bits per heavy atom. The first-order chi connectivity index (χ1) is 22.6. The van der Waals surface area contributed by atoms with Crippen LogP contribution in [0.1, 0.15) is 83.6 Å². The monoisotopic (exact) mass is 672 g/mol. The number of benzene rings is 3. The molecular weight excluding hydrogens is 628 g/mol. The van der Waals surface area contributed by atoms with Crippen LogP contribution in [0.4, 0.5) is 0 Å². The number of hydrogen-bond donors (Lipinski definition) is 0. The number of hydrogen-bond acceptors (Lipinski definition) is 7. The molecule has 0 N–H and O–H groups in total. The zero-order valence-corrected chi connectivity index (χ0v) is 29.9. The third kappa shape index (κ3) is 7.26. The predicted molar refractivity (Wildman–Crippen MR) is 193 cm³/mol. The summed E-state index contributed by atoms with van der Waals surface area (Å²) in [6.45, 7) is 15.7. The molecule has 6 rings (SSSR count). The second-order valence-corrected chi connectivity index (χ2v) is 14.9. The molecule has 1 saturated heterocycles. The number of carbonyl (C=O) groups is 1. The molecule has 1 atom stereocenters. The summed E-state index contributed by atoms with van der Waals surface area (Å²) in [5.74, 6) is -0.405. The number of fused-ring (bicyclic) bond motifs is 2. The summed E-state index contributed by atoms with van der Waals surface area (Å²) in [6, 6.07) is 16.8. The molecule has 0 saturated carbocycles. The summed E-state index contributed by atoms with van der Waals surface area (Å²) < 4.78 is 15.3. The molecule has 2 aromatic heterocycles. The Kier molecular flexibility index (Phi) is 10.0. The number of halogens is 1. The number of nitrogens with zero attached hydrogens (tertiary/aromatic N) is 4. The fourth-order valence-electron chi connectivity index (χ4n) is 6.63. The van der Waals surface area contributed by atoms with Gasteiger partial charge < -0.3 is 18.9 Å². The van der Waals surface area contributed by atoms with Gasteiger partial charge in [0.25, 0.3) is 0 Å². The summed E-state index contributed by atoms with van der Waals surface area (Å²) in [5, 5.41) is 1.55. The van der Waals surface area contributed by atoms with E-state index in [0.29, 0.717) is 11.1 Å². The molecule has 3 aromatic carbocycles. The van der Waals surface area contributed by atoms with Gasteiger partial charge in [0.05, 0.1) is 39.8 Å². The second kappa shape index (κ2) is 14.0. The lowest BCUT2D eigenvalue weighted by Crippen LogP contribution is -2.35. The van der Waals surface area contributed by atoms with E-state index < -0.39 is 17.7 Å². The minimum Gasteiger partial charge on any atom is -0.464 e. The molecule has 1 aliphatic rings. The van der Waals surface area contributed by atoms with Gasteiger partial charge in [-0.1, -0.05) is 37.1 Å². The Bertz CT molecular complexity index is 1870. The highest BCUT2D eigenvalue weighted by Crippen LogP contribution is 2.45. The number of thiazole rings is 1. The molecule has 1 aliphatic heterocycles. The van der Waals surface area contributed by atoms with Crippen molar-refractivity contribution in [2.45, 2.75) is 85.0 Å². The zero-order chi connectivity index (χ0) is 33.3. The first kappa shape index (κ1) is 33.6. The maximum Gasteiger partial charge on any atom is 0.339 e. The van der Waals surface area contributed by atoms with Crippen LogP contribution in [0.3, 0.4) is 0 Å². The predicted octanol–water partition coefficient (Wildman–Crippen LogP) is 9.80. The number of esters is 1. The van der Waals surface area contributed by atoms with Gasteiger partial charge in [0.1, 0.15) is 5.01 Å². The van der Waals surface area contributed by atoms with E-state index in [0.717, 1.165) is 74.5 Å². The molecule has 7 nitrogen and oxygen atoms in total. The van der Waals surface area contributed by atoms with Gasteiger partial charge in [-0.25, -0.2) is 14.8 Å². The number of ether oxygens (including phenoxy) is 2. The highest BCUT2D eigenvalue weighted by molar-refractivity contribution is 7.22. The van der Waals surface area contributed by atoms with Crippen LogP contribution >= 0.6 is 22.9 Å². The van der Waals surface area contributed by atoms with Crippen LogP contribution in [0, 0.1) is 6.92 Å². The van der Waals surface area contributed by atoms with Crippen molar-refractivity contribution in [3.8, 4) is 21.7 Å². The van der Waals surface area contributed by atoms with Crippen LogP contribution in [0.2, 0.25) is 5.02 Å². The minimum absolute atomic E-state index is 0.265. The van der Waals surface area contributed by atoms with Gasteiger partial charge in [-0.05, 0) is 108 Å². The summed E-state index contributed by atoms with van der Waals surface area (Å²) in [6.07, 6.45) is 5.91. The van der Waals surface area contributed by atoms with E-state index in [4.69, 9.17) is 31.0 Å². The summed E-state index contributed by atoms with van der Waals surface area (Å²) in [4.78, 5) is 26.1. The number of unbranched alkanes of at least 4 members (excludes halogenated alkanes) is 1. The molecule has 1 fully saturated rings. The lowest BCUT2D eigenvalue weighted by Gasteiger charge is -2.32. The molecule has 0 unspecified atom stereocenters. The van der Waals surface area contributed by atoms with Crippen LogP contribution in [0.25, 0.3) is 42.9 Å². The highest BCUT2D eigenvalue weighted by Gasteiger charge is 2.33. The quantitative estimate of drug-likeness (QED) is 0.138. The van der Waals surface area contributed by atoms with Crippen LogP contribution in [0.5, 0.6) is 0 Å². The first-order valence-corrected chi connectivity index (χ1v) is 18.0.